The highest BCUT2D eigenvalue weighted by Crippen LogP contribution is 2.27. The van der Waals surface area contributed by atoms with Crippen molar-refractivity contribution < 1.29 is 17.9 Å². The molecule has 4 nitrogen and oxygen atoms in total. The van der Waals surface area contributed by atoms with Gasteiger partial charge < -0.3 is 4.74 Å². The van der Waals surface area contributed by atoms with Gasteiger partial charge >= 0.3 is 5.97 Å². The zero-order chi connectivity index (χ0) is 15.5. The molecule has 1 unspecified atom stereocenters. The third kappa shape index (κ3) is 3.28. The van der Waals surface area contributed by atoms with Crippen LogP contribution in [0.4, 0.5) is 0 Å². The van der Waals surface area contributed by atoms with Crippen molar-refractivity contribution in [3.05, 3.63) is 29.3 Å². The zero-order valence-corrected chi connectivity index (χ0v) is 13.4. The molecule has 1 aliphatic rings. The van der Waals surface area contributed by atoms with E-state index in [2.05, 4.69) is 0 Å². The van der Waals surface area contributed by atoms with Gasteiger partial charge in [0, 0.05) is 0 Å². The average molecular weight is 310 g/mol. The molecule has 0 aromatic heterocycles. The van der Waals surface area contributed by atoms with Crippen molar-refractivity contribution in [3.8, 4) is 0 Å². The topological polar surface area (TPSA) is 60.4 Å². The number of fused-ring (bicyclic) bond motifs is 1. The second-order valence-corrected chi connectivity index (χ2v) is 7.49. The molecule has 1 aromatic rings. The quantitative estimate of drug-likeness (QED) is 0.758. The normalized spacial score (nSPS) is 15.5. The smallest absolute Gasteiger partial charge is 0.324 e. The number of hydrogen-bond donors (Lipinski definition) is 0. The predicted octanol–water partition coefficient (Wildman–Crippen LogP) is 2.68. The summed E-state index contributed by atoms with van der Waals surface area (Å²) in [5, 5.41) is -1.10. The molecule has 21 heavy (non-hydrogen) atoms. The van der Waals surface area contributed by atoms with Crippen LogP contribution >= 0.6 is 0 Å². The Labute approximate surface area is 126 Å². The fourth-order valence-corrected chi connectivity index (χ4v) is 4.55. The molecule has 0 fully saturated rings. The van der Waals surface area contributed by atoms with Crippen molar-refractivity contribution in [2.24, 2.45) is 0 Å². The second kappa shape index (κ2) is 6.60. The third-order valence-electron chi connectivity index (χ3n) is 3.87. The van der Waals surface area contributed by atoms with Crippen LogP contribution in [0.25, 0.3) is 0 Å². The molecule has 0 saturated carbocycles. The van der Waals surface area contributed by atoms with E-state index in [4.69, 9.17) is 4.74 Å². The van der Waals surface area contributed by atoms with Crippen LogP contribution in [0.5, 0.6) is 0 Å². The van der Waals surface area contributed by atoms with Gasteiger partial charge in [-0.15, -0.1) is 0 Å². The Morgan fingerprint density at radius 3 is 2.62 bits per heavy atom. The summed E-state index contributed by atoms with van der Waals surface area (Å²) in [6.07, 6.45) is 3.89. The van der Waals surface area contributed by atoms with Gasteiger partial charge in [0.2, 0.25) is 0 Å². The molecule has 0 aliphatic heterocycles. The Bertz CT molecular complexity index is 619. The van der Waals surface area contributed by atoms with E-state index >= 15 is 0 Å². The molecule has 5 heteroatoms. The lowest BCUT2D eigenvalue weighted by Gasteiger charge is -2.16. The minimum atomic E-state index is -3.68. The summed E-state index contributed by atoms with van der Waals surface area (Å²) in [5.41, 5.74) is 2.31. The van der Waals surface area contributed by atoms with Crippen molar-refractivity contribution in [1.29, 1.82) is 0 Å². The minimum Gasteiger partial charge on any atom is -0.465 e. The molecule has 116 valence electrons. The average Bonchev–Trinajstić information content (AvgIpc) is 2.92. The first-order chi connectivity index (χ1) is 10.0. The highest BCUT2D eigenvalue weighted by atomic mass is 32.2. The molecule has 2 rings (SSSR count). The lowest BCUT2D eigenvalue weighted by molar-refractivity contribution is -0.142. The predicted molar refractivity (Wildman–Crippen MR) is 81.0 cm³/mol. The van der Waals surface area contributed by atoms with E-state index < -0.39 is 21.1 Å². The third-order valence-corrected chi connectivity index (χ3v) is 5.96. The summed E-state index contributed by atoms with van der Waals surface area (Å²) in [6.45, 7) is 3.74. The summed E-state index contributed by atoms with van der Waals surface area (Å²) in [6, 6.07) is 5.24. The largest absolute Gasteiger partial charge is 0.465 e. The van der Waals surface area contributed by atoms with E-state index in [1.165, 1.54) is 5.56 Å². The molecule has 1 atom stereocenters. The number of aryl methyl sites for hydroxylation is 2. The monoisotopic (exact) mass is 310 g/mol. The SMILES string of the molecule is CCCC(C(=O)OCC)S(=O)(=O)c1ccc2c(c1)CCC2. The van der Waals surface area contributed by atoms with Crippen molar-refractivity contribution in [2.75, 3.05) is 6.61 Å². The molecular formula is C16H22O4S. The van der Waals surface area contributed by atoms with Crippen LogP contribution in [-0.2, 0) is 32.2 Å². The van der Waals surface area contributed by atoms with Gasteiger partial charge in [-0.2, -0.15) is 0 Å². The van der Waals surface area contributed by atoms with Crippen molar-refractivity contribution in [2.45, 2.75) is 56.1 Å². The fourth-order valence-electron chi connectivity index (χ4n) is 2.79. The maximum absolute atomic E-state index is 12.7. The van der Waals surface area contributed by atoms with E-state index in [0.717, 1.165) is 24.8 Å². The number of hydrogen-bond acceptors (Lipinski definition) is 4. The molecule has 0 radical (unpaired) electrons. The van der Waals surface area contributed by atoms with Crippen LogP contribution in [0, 0.1) is 0 Å². The molecule has 0 saturated heterocycles. The first kappa shape index (κ1) is 16.0. The number of benzene rings is 1. The lowest BCUT2D eigenvalue weighted by Crippen LogP contribution is -2.32. The molecule has 1 aliphatic carbocycles. The van der Waals surface area contributed by atoms with Crippen LogP contribution in [0.2, 0.25) is 0 Å². The fraction of sp³-hybridized carbons (Fsp3) is 0.562. The van der Waals surface area contributed by atoms with E-state index in [1.807, 2.05) is 13.0 Å². The second-order valence-electron chi connectivity index (χ2n) is 5.36. The molecular weight excluding hydrogens is 288 g/mol. The van der Waals surface area contributed by atoms with Gasteiger partial charge in [-0.25, -0.2) is 8.42 Å². The Kier molecular flexibility index (Phi) is 5.04. The Balaban J connectivity index is 2.36. The Morgan fingerprint density at radius 2 is 1.95 bits per heavy atom. The van der Waals surface area contributed by atoms with Gasteiger partial charge in [0.05, 0.1) is 11.5 Å². The van der Waals surface area contributed by atoms with Gasteiger partial charge in [-0.3, -0.25) is 4.79 Å². The van der Waals surface area contributed by atoms with Gasteiger partial charge in [0.15, 0.2) is 15.1 Å². The Hall–Kier alpha value is -1.36. The standard InChI is InChI=1S/C16H22O4S/c1-3-6-15(16(17)20-4-2)21(18,19)14-10-9-12-7-5-8-13(12)11-14/h9-11,15H,3-8H2,1-2H3. The lowest BCUT2D eigenvalue weighted by atomic mass is 10.1. The molecule has 0 heterocycles. The van der Waals surface area contributed by atoms with E-state index in [-0.39, 0.29) is 17.9 Å². The maximum Gasteiger partial charge on any atom is 0.324 e. The summed E-state index contributed by atoms with van der Waals surface area (Å²) < 4.78 is 30.4. The first-order valence-corrected chi connectivity index (χ1v) is 9.07. The molecule has 0 amide bonds. The van der Waals surface area contributed by atoms with Gasteiger partial charge in [-0.05, 0) is 55.9 Å². The van der Waals surface area contributed by atoms with Crippen molar-refractivity contribution >= 4 is 15.8 Å². The molecule has 0 spiro atoms. The van der Waals surface area contributed by atoms with Crippen LogP contribution < -0.4 is 0 Å². The van der Waals surface area contributed by atoms with Gasteiger partial charge in [0.25, 0.3) is 0 Å². The number of ether oxygens (including phenoxy) is 1. The first-order valence-electron chi connectivity index (χ1n) is 7.53. The Morgan fingerprint density at radius 1 is 1.24 bits per heavy atom. The number of esters is 1. The van der Waals surface area contributed by atoms with E-state index in [0.29, 0.717) is 6.42 Å². The van der Waals surface area contributed by atoms with Crippen LogP contribution in [0.15, 0.2) is 23.1 Å². The number of sulfone groups is 1. The minimum absolute atomic E-state index is 0.193. The molecule has 0 bridgehead atoms. The summed E-state index contributed by atoms with van der Waals surface area (Å²) >= 11 is 0. The number of rotatable bonds is 6. The zero-order valence-electron chi connectivity index (χ0n) is 12.6. The van der Waals surface area contributed by atoms with Crippen LogP contribution in [-0.4, -0.2) is 26.2 Å². The summed E-state index contributed by atoms with van der Waals surface area (Å²) in [7, 11) is -3.68. The summed E-state index contributed by atoms with van der Waals surface area (Å²) in [4.78, 5) is 12.2. The van der Waals surface area contributed by atoms with Crippen molar-refractivity contribution in [3.63, 3.8) is 0 Å². The van der Waals surface area contributed by atoms with Crippen LogP contribution in [0.1, 0.15) is 44.2 Å². The highest BCUT2D eigenvalue weighted by Gasteiger charge is 2.35. The maximum atomic E-state index is 12.7. The van der Waals surface area contributed by atoms with Gasteiger partial charge in [-0.1, -0.05) is 19.4 Å². The summed E-state index contributed by atoms with van der Waals surface area (Å²) in [5.74, 6) is -0.639. The molecule has 0 N–H and O–H groups in total. The van der Waals surface area contributed by atoms with Crippen LogP contribution in [0.3, 0.4) is 0 Å². The van der Waals surface area contributed by atoms with Gasteiger partial charge in [0.1, 0.15) is 0 Å². The van der Waals surface area contributed by atoms with E-state index in [1.54, 1.807) is 19.1 Å². The number of carbonyl (C=O) groups excluding carboxylic acids is 1. The molecule has 1 aromatic carbocycles. The van der Waals surface area contributed by atoms with E-state index in [9.17, 15) is 13.2 Å². The highest BCUT2D eigenvalue weighted by molar-refractivity contribution is 7.92. The number of carbonyl (C=O) groups is 1. The van der Waals surface area contributed by atoms with Crippen molar-refractivity contribution in [1.82, 2.24) is 0 Å².